The summed E-state index contributed by atoms with van der Waals surface area (Å²) in [5, 5.41) is 0. The Bertz CT molecular complexity index is 674. The van der Waals surface area contributed by atoms with E-state index in [1.165, 1.54) is 0 Å². The second-order valence-electron chi connectivity index (χ2n) is 6.30. The lowest BCUT2D eigenvalue weighted by Gasteiger charge is -2.37. The zero-order chi connectivity index (χ0) is 16.4. The highest BCUT2D eigenvalue weighted by Crippen LogP contribution is 2.28. The van der Waals surface area contributed by atoms with Gasteiger partial charge in [-0.15, -0.1) is 0 Å². The van der Waals surface area contributed by atoms with Crippen molar-refractivity contribution < 1.29 is 4.74 Å². The van der Waals surface area contributed by atoms with Gasteiger partial charge in [-0.3, -0.25) is 4.98 Å². The molecule has 2 unspecified atom stereocenters. The third-order valence-corrected chi connectivity index (χ3v) is 4.79. The number of piperidine rings is 1. The predicted molar refractivity (Wildman–Crippen MR) is 91.5 cm³/mol. The number of hydrogen-bond acceptors (Lipinski definition) is 5. The van der Waals surface area contributed by atoms with E-state index in [4.69, 9.17) is 9.72 Å². The first-order valence-corrected chi connectivity index (χ1v) is 8.13. The molecule has 0 amide bonds. The third kappa shape index (κ3) is 3.20. The van der Waals surface area contributed by atoms with Crippen LogP contribution in [0.15, 0.2) is 24.5 Å². The second-order valence-corrected chi connectivity index (χ2v) is 6.30. The molecular formula is C18H24N4O. The summed E-state index contributed by atoms with van der Waals surface area (Å²) in [6, 6.07) is 3.90. The van der Waals surface area contributed by atoms with Gasteiger partial charge in [0.05, 0.1) is 6.10 Å². The third-order valence-electron chi connectivity index (χ3n) is 4.79. The molecule has 3 rings (SSSR count). The molecule has 3 heterocycles. The number of methoxy groups -OCH3 is 1. The van der Waals surface area contributed by atoms with E-state index in [1.807, 2.05) is 19.1 Å². The van der Waals surface area contributed by atoms with Gasteiger partial charge < -0.3 is 9.64 Å². The lowest BCUT2D eigenvalue weighted by Crippen LogP contribution is -2.44. The average Bonchev–Trinajstić information content (AvgIpc) is 2.58. The van der Waals surface area contributed by atoms with Gasteiger partial charge in [-0.2, -0.15) is 0 Å². The summed E-state index contributed by atoms with van der Waals surface area (Å²) in [7, 11) is 1.80. The molecule has 1 aliphatic heterocycles. The van der Waals surface area contributed by atoms with E-state index in [0.29, 0.717) is 5.92 Å². The van der Waals surface area contributed by atoms with E-state index >= 15 is 0 Å². The molecule has 2 aromatic rings. The highest BCUT2D eigenvalue weighted by atomic mass is 16.5. The molecular weight excluding hydrogens is 288 g/mol. The van der Waals surface area contributed by atoms with Gasteiger partial charge in [0.1, 0.15) is 5.82 Å². The first-order chi connectivity index (χ1) is 11.1. The van der Waals surface area contributed by atoms with Gasteiger partial charge >= 0.3 is 0 Å². The van der Waals surface area contributed by atoms with Crippen LogP contribution in [0.2, 0.25) is 0 Å². The summed E-state index contributed by atoms with van der Waals surface area (Å²) in [4.78, 5) is 15.9. The number of hydrogen-bond donors (Lipinski definition) is 0. The number of ether oxygens (including phenoxy) is 1. The van der Waals surface area contributed by atoms with Gasteiger partial charge in [-0.1, -0.05) is 6.92 Å². The highest BCUT2D eigenvalue weighted by Gasteiger charge is 2.28. The van der Waals surface area contributed by atoms with Crippen molar-refractivity contribution in [2.24, 2.45) is 5.92 Å². The number of pyridine rings is 1. The quantitative estimate of drug-likeness (QED) is 0.872. The Balaban J connectivity index is 1.97. The van der Waals surface area contributed by atoms with Gasteiger partial charge in [-0.05, 0) is 38.3 Å². The van der Waals surface area contributed by atoms with Crippen molar-refractivity contribution in [3.63, 3.8) is 0 Å². The molecule has 5 heteroatoms. The van der Waals surface area contributed by atoms with Crippen LogP contribution in [0.1, 0.15) is 24.6 Å². The Morgan fingerprint density at radius 1 is 1.17 bits per heavy atom. The number of aromatic nitrogens is 3. The van der Waals surface area contributed by atoms with E-state index in [0.717, 1.165) is 48.0 Å². The van der Waals surface area contributed by atoms with Crippen LogP contribution in [0.25, 0.3) is 11.4 Å². The Morgan fingerprint density at radius 3 is 2.61 bits per heavy atom. The van der Waals surface area contributed by atoms with E-state index in [2.05, 4.69) is 28.7 Å². The van der Waals surface area contributed by atoms with Gasteiger partial charge in [0.15, 0.2) is 5.82 Å². The zero-order valence-corrected chi connectivity index (χ0v) is 14.3. The van der Waals surface area contributed by atoms with Crippen LogP contribution in [0.3, 0.4) is 0 Å². The summed E-state index contributed by atoms with van der Waals surface area (Å²) in [6.45, 7) is 8.29. The molecule has 0 aliphatic carbocycles. The van der Waals surface area contributed by atoms with Crippen LogP contribution >= 0.6 is 0 Å². The number of rotatable bonds is 3. The minimum atomic E-state index is 0.253. The standard InChI is InChI=1S/C18H24N4O/c1-12-7-10-22(11-16(12)23-4)18-13(2)14(3)20-17(21-18)15-5-8-19-9-6-15/h5-6,8-9,12,16H,7,10-11H2,1-4H3. The van der Waals surface area contributed by atoms with E-state index in [9.17, 15) is 0 Å². The molecule has 0 bridgehead atoms. The first-order valence-electron chi connectivity index (χ1n) is 8.13. The normalized spacial score (nSPS) is 21.5. The Labute approximate surface area is 137 Å². The molecule has 1 fully saturated rings. The summed E-state index contributed by atoms with van der Waals surface area (Å²) in [5.74, 6) is 2.37. The molecule has 122 valence electrons. The van der Waals surface area contributed by atoms with Crippen molar-refractivity contribution in [2.75, 3.05) is 25.1 Å². The zero-order valence-electron chi connectivity index (χ0n) is 14.3. The number of nitrogens with zero attached hydrogens (tertiary/aromatic N) is 4. The number of aryl methyl sites for hydroxylation is 1. The molecule has 2 atom stereocenters. The topological polar surface area (TPSA) is 51.1 Å². The van der Waals surface area contributed by atoms with Crippen molar-refractivity contribution in [3.05, 3.63) is 35.8 Å². The Morgan fingerprint density at radius 2 is 1.91 bits per heavy atom. The first kappa shape index (κ1) is 15.9. The minimum Gasteiger partial charge on any atom is -0.379 e. The van der Waals surface area contributed by atoms with Gasteiger partial charge in [0.2, 0.25) is 0 Å². The van der Waals surface area contributed by atoms with Crippen molar-refractivity contribution in [2.45, 2.75) is 33.3 Å². The lowest BCUT2D eigenvalue weighted by atomic mass is 9.95. The molecule has 0 saturated carbocycles. The van der Waals surface area contributed by atoms with Gasteiger partial charge in [0.25, 0.3) is 0 Å². The van der Waals surface area contributed by atoms with Crippen LogP contribution in [0, 0.1) is 19.8 Å². The van der Waals surface area contributed by atoms with Crippen molar-refractivity contribution >= 4 is 5.82 Å². The van der Waals surface area contributed by atoms with Crippen molar-refractivity contribution in [1.82, 2.24) is 15.0 Å². The molecule has 23 heavy (non-hydrogen) atoms. The van der Waals surface area contributed by atoms with E-state index < -0.39 is 0 Å². The molecule has 0 radical (unpaired) electrons. The van der Waals surface area contributed by atoms with Crippen LogP contribution < -0.4 is 4.90 Å². The molecule has 1 saturated heterocycles. The largest absolute Gasteiger partial charge is 0.379 e. The Hall–Kier alpha value is -2.01. The van der Waals surface area contributed by atoms with Crippen LogP contribution in [-0.4, -0.2) is 41.3 Å². The summed E-state index contributed by atoms with van der Waals surface area (Å²) < 4.78 is 5.65. The average molecular weight is 312 g/mol. The van der Waals surface area contributed by atoms with Gasteiger partial charge in [0, 0.05) is 49.4 Å². The van der Waals surface area contributed by atoms with Crippen LogP contribution in [-0.2, 0) is 4.74 Å². The number of anilines is 1. The SMILES string of the molecule is COC1CN(c2nc(-c3ccncc3)nc(C)c2C)CCC1C. The monoisotopic (exact) mass is 312 g/mol. The van der Waals surface area contributed by atoms with E-state index in [-0.39, 0.29) is 6.10 Å². The van der Waals surface area contributed by atoms with Crippen molar-refractivity contribution in [1.29, 1.82) is 0 Å². The highest BCUT2D eigenvalue weighted by molar-refractivity contribution is 5.60. The van der Waals surface area contributed by atoms with Crippen LogP contribution in [0.4, 0.5) is 5.82 Å². The van der Waals surface area contributed by atoms with Crippen molar-refractivity contribution in [3.8, 4) is 11.4 Å². The molecule has 0 aromatic carbocycles. The molecule has 1 aliphatic rings. The molecule has 0 spiro atoms. The van der Waals surface area contributed by atoms with E-state index in [1.54, 1.807) is 19.5 Å². The smallest absolute Gasteiger partial charge is 0.161 e. The maximum atomic E-state index is 5.65. The summed E-state index contributed by atoms with van der Waals surface area (Å²) >= 11 is 0. The van der Waals surface area contributed by atoms with Gasteiger partial charge in [-0.25, -0.2) is 9.97 Å². The summed E-state index contributed by atoms with van der Waals surface area (Å²) in [5.41, 5.74) is 3.17. The fraction of sp³-hybridized carbons (Fsp3) is 0.500. The molecule has 2 aromatic heterocycles. The maximum Gasteiger partial charge on any atom is 0.161 e. The Kier molecular flexibility index (Phi) is 4.57. The minimum absolute atomic E-state index is 0.253. The molecule has 0 N–H and O–H groups in total. The molecule has 5 nitrogen and oxygen atoms in total. The predicted octanol–water partition coefficient (Wildman–Crippen LogP) is 3.02. The van der Waals surface area contributed by atoms with Crippen LogP contribution in [0.5, 0.6) is 0 Å². The maximum absolute atomic E-state index is 5.65. The fourth-order valence-electron chi connectivity index (χ4n) is 3.08. The fourth-order valence-corrected chi connectivity index (χ4v) is 3.08. The lowest BCUT2D eigenvalue weighted by molar-refractivity contribution is 0.0496. The second kappa shape index (κ2) is 6.62. The summed E-state index contributed by atoms with van der Waals surface area (Å²) in [6.07, 6.45) is 4.92.